The van der Waals surface area contributed by atoms with Crippen molar-refractivity contribution in [3.8, 4) is 17.3 Å². The van der Waals surface area contributed by atoms with Crippen molar-refractivity contribution < 1.29 is 9.26 Å². The molecule has 0 amide bonds. The highest BCUT2D eigenvalue weighted by atomic mass is 16.5. The largest absolute Gasteiger partial charge is 0.481 e. The van der Waals surface area contributed by atoms with Gasteiger partial charge in [-0.3, -0.25) is 9.88 Å². The molecule has 3 aromatic rings. The van der Waals surface area contributed by atoms with Crippen LogP contribution in [0.15, 0.2) is 47.4 Å². The maximum absolute atomic E-state index is 5.55. The van der Waals surface area contributed by atoms with Gasteiger partial charge in [-0.2, -0.15) is 4.98 Å². The molecule has 1 atom stereocenters. The van der Waals surface area contributed by atoms with Crippen LogP contribution in [0.2, 0.25) is 0 Å². The van der Waals surface area contributed by atoms with Crippen molar-refractivity contribution in [3.05, 3.63) is 54.3 Å². The Balaban J connectivity index is 1.52. The maximum Gasteiger partial charge on any atom is 0.244 e. The van der Waals surface area contributed by atoms with Crippen LogP contribution in [0.1, 0.15) is 30.3 Å². The molecule has 4 rings (SSSR count). The van der Waals surface area contributed by atoms with Crippen molar-refractivity contribution in [2.45, 2.75) is 25.4 Å². The Morgan fingerprint density at radius 2 is 2.24 bits per heavy atom. The van der Waals surface area contributed by atoms with Crippen LogP contribution in [-0.2, 0) is 6.54 Å². The van der Waals surface area contributed by atoms with Gasteiger partial charge in [0.2, 0.25) is 17.6 Å². The second kappa shape index (κ2) is 6.98. The van der Waals surface area contributed by atoms with Crippen molar-refractivity contribution >= 4 is 0 Å². The van der Waals surface area contributed by atoms with E-state index in [9.17, 15) is 0 Å². The highest BCUT2D eigenvalue weighted by molar-refractivity contribution is 5.53. The van der Waals surface area contributed by atoms with E-state index < -0.39 is 0 Å². The fraction of sp³-hybridized carbons (Fsp3) is 0.333. The normalized spacial score (nSPS) is 17.7. The second-order valence-electron chi connectivity index (χ2n) is 6.04. The monoisotopic (exact) mass is 337 g/mol. The molecule has 0 spiro atoms. The van der Waals surface area contributed by atoms with Crippen LogP contribution in [0, 0.1) is 0 Å². The lowest BCUT2D eigenvalue weighted by Gasteiger charge is -2.21. The molecule has 128 valence electrons. The molecule has 25 heavy (non-hydrogen) atoms. The molecule has 1 aliphatic heterocycles. The summed E-state index contributed by atoms with van der Waals surface area (Å²) >= 11 is 0. The van der Waals surface area contributed by atoms with Crippen LogP contribution in [0.3, 0.4) is 0 Å². The fourth-order valence-electron chi connectivity index (χ4n) is 3.14. The minimum absolute atomic E-state index is 0.146. The predicted molar refractivity (Wildman–Crippen MR) is 90.7 cm³/mol. The van der Waals surface area contributed by atoms with Crippen LogP contribution < -0.4 is 4.74 Å². The van der Waals surface area contributed by atoms with Gasteiger partial charge in [0, 0.05) is 36.8 Å². The van der Waals surface area contributed by atoms with Crippen LogP contribution in [0.25, 0.3) is 11.4 Å². The van der Waals surface area contributed by atoms with Gasteiger partial charge in [0.25, 0.3) is 0 Å². The number of pyridine rings is 2. The highest BCUT2D eigenvalue weighted by Gasteiger charge is 2.30. The summed E-state index contributed by atoms with van der Waals surface area (Å²) in [5.41, 5.74) is 2.00. The van der Waals surface area contributed by atoms with Crippen molar-refractivity contribution in [2.75, 3.05) is 13.7 Å². The van der Waals surface area contributed by atoms with E-state index in [4.69, 9.17) is 9.26 Å². The van der Waals surface area contributed by atoms with E-state index in [1.165, 1.54) is 5.56 Å². The smallest absolute Gasteiger partial charge is 0.244 e. The molecule has 0 bridgehead atoms. The molecule has 0 aliphatic carbocycles. The highest BCUT2D eigenvalue weighted by Crippen LogP contribution is 2.33. The van der Waals surface area contributed by atoms with Crippen LogP contribution >= 0.6 is 0 Å². The third kappa shape index (κ3) is 3.36. The standard InChI is InChI=1S/C18H19N5O2/c1-24-16-7-6-14(11-20-16)17-21-18(25-22-17)15-5-3-9-23(15)12-13-4-2-8-19-10-13/h2,4,6-8,10-11,15H,3,5,9,12H2,1H3. The first-order valence-electron chi connectivity index (χ1n) is 8.30. The number of ether oxygens (including phenoxy) is 1. The summed E-state index contributed by atoms with van der Waals surface area (Å²) in [4.78, 5) is 15.3. The summed E-state index contributed by atoms with van der Waals surface area (Å²) in [7, 11) is 1.59. The first-order chi connectivity index (χ1) is 12.3. The lowest BCUT2D eigenvalue weighted by molar-refractivity contribution is 0.201. The van der Waals surface area contributed by atoms with E-state index in [0.717, 1.165) is 31.5 Å². The van der Waals surface area contributed by atoms with Gasteiger partial charge in [-0.25, -0.2) is 4.98 Å². The Labute approximate surface area is 145 Å². The zero-order chi connectivity index (χ0) is 17.1. The van der Waals surface area contributed by atoms with Crippen LogP contribution in [0.4, 0.5) is 0 Å². The van der Waals surface area contributed by atoms with Gasteiger partial charge in [0.15, 0.2) is 0 Å². The van der Waals surface area contributed by atoms with Gasteiger partial charge in [0.1, 0.15) is 0 Å². The Hall–Kier alpha value is -2.80. The number of nitrogens with zero attached hydrogens (tertiary/aromatic N) is 5. The molecule has 0 aromatic carbocycles. The molecule has 3 aromatic heterocycles. The van der Waals surface area contributed by atoms with E-state index >= 15 is 0 Å². The quantitative estimate of drug-likeness (QED) is 0.708. The van der Waals surface area contributed by atoms with Gasteiger partial charge in [-0.05, 0) is 37.1 Å². The molecule has 1 fully saturated rings. The molecule has 1 unspecified atom stereocenters. The van der Waals surface area contributed by atoms with Crippen molar-refractivity contribution in [1.29, 1.82) is 0 Å². The Morgan fingerprint density at radius 3 is 3.00 bits per heavy atom. The van der Waals surface area contributed by atoms with Gasteiger partial charge < -0.3 is 9.26 Å². The summed E-state index contributed by atoms with van der Waals surface area (Å²) in [5.74, 6) is 1.77. The zero-order valence-corrected chi connectivity index (χ0v) is 14.0. The number of likely N-dealkylation sites (tertiary alicyclic amines) is 1. The first kappa shape index (κ1) is 15.7. The molecule has 0 N–H and O–H groups in total. The number of rotatable bonds is 5. The SMILES string of the molecule is COc1ccc(-c2noc(C3CCCN3Cc3cccnc3)n2)cn1. The molecule has 0 saturated carbocycles. The lowest BCUT2D eigenvalue weighted by atomic mass is 10.2. The first-order valence-corrected chi connectivity index (χ1v) is 8.30. The number of hydrogen-bond acceptors (Lipinski definition) is 7. The lowest BCUT2D eigenvalue weighted by Crippen LogP contribution is -2.23. The van der Waals surface area contributed by atoms with Crippen LogP contribution in [0.5, 0.6) is 5.88 Å². The summed E-state index contributed by atoms with van der Waals surface area (Å²) in [6.07, 6.45) is 7.51. The summed E-state index contributed by atoms with van der Waals surface area (Å²) in [6, 6.07) is 7.86. The van der Waals surface area contributed by atoms with Crippen LogP contribution in [-0.4, -0.2) is 38.7 Å². The average Bonchev–Trinajstić information content (AvgIpc) is 3.32. The Bertz CT molecular complexity index is 819. The Kier molecular flexibility index (Phi) is 4.39. The molecular weight excluding hydrogens is 318 g/mol. The molecule has 1 saturated heterocycles. The second-order valence-corrected chi connectivity index (χ2v) is 6.04. The van der Waals surface area contributed by atoms with Gasteiger partial charge in [0.05, 0.1) is 13.2 Å². The third-order valence-corrected chi connectivity index (χ3v) is 4.40. The minimum atomic E-state index is 0.146. The summed E-state index contributed by atoms with van der Waals surface area (Å²) in [6.45, 7) is 1.85. The van der Waals surface area contributed by atoms with Crippen molar-refractivity contribution in [2.24, 2.45) is 0 Å². The van der Waals surface area contributed by atoms with Gasteiger partial charge in [-0.15, -0.1) is 0 Å². The van der Waals surface area contributed by atoms with E-state index in [2.05, 4.69) is 31.1 Å². The molecule has 0 radical (unpaired) electrons. The maximum atomic E-state index is 5.55. The molecule has 7 nitrogen and oxygen atoms in total. The van der Waals surface area contributed by atoms with Crippen molar-refractivity contribution in [1.82, 2.24) is 25.0 Å². The van der Waals surface area contributed by atoms with Crippen molar-refractivity contribution in [3.63, 3.8) is 0 Å². The molecule has 1 aliphatic rings. The predicted octanol–water partition coefficient (Wildman–Crippen LogP) is 2.87. The average molecular weight is 337 g/mol. The molecule has 4 heterocycles. The number of hydrogen-bond donors (Lipinski definition) is 0. The minimum Gasteiger partial charge on any atom is -0.481 e. The topological polar surface area (TPSA) is 77.2 Å². The van der Waals surface area contributed by atoms with E-state index in [1.54, 1.807) is 25.6 Å². The van der Waals surface area contributed by atoms with Gasteiger partial charge >= 0.3 is 0 Å². The number of aromatic nitrogens is 4. The summed E-state index contributed by atoms with van der Waals surface area (Å²) in [5, 5.41) is 4.12. The number of methoxy groups -OCH3 is 1. The summed E-state index contributed by atoms with van der Waals surface area (Å²) < 4.78 is 10.6. The zero-order valence-electron chi connectivity index (χ0n) is 14.0. The third-order valence-electron chi connectivity index (χ3n) is 4.40. The fourth-order valence-corrected chi connectivity index (χ4v) is 3.14. The van der Waals surface area contributed by atoms with E-state index in [1.807, 2.05) is 18.3 Å². The van der Waals surface area contributed by atoms with E-state index in [0.29, 0.717) is 17.6 Å². The van der Waals surface area contributed by atoms with E-state index in [-0.39, 0.29) is 6.04 Å². The molecule has 7 heteroatoms. The Morgan fingerprint density at radius 1 is 1.28 bits per heavy atom. The van der Waals surface area contributed by atoms with Gasteiger partial charge in [-0.1, -0.05) is 11.2 Å². The molecular formula is C18H19N5O2.